The van der Waals surface area contributed by atoms with E-state index < -0.39 is 16.1 Å². The average molecular weight is 294 g/mol. The van der Waals surface area contributed by atoms with Crippen LogP contribution in [0.25, 0.3) is 0 Å². The molecule has 0 spiro atoms. The van der Waals surface area contributed by atoms with Gasteiger partial charge in [0, 0.05) is 19.2 Å². The molecular weight excluding hydrogens is 268 g/mol. The predicted molar refractivity (Wildman–Crippen MR) is 75.2 cm³/mol. The molecule has 0 saturated heterocycles. The molecular formula is C12H26N2O4S. The number of aliphatic hydroxyl groups is 1. The Labute approximate surface area is 116 Å². The SMILES string of the molecule is CCCS(=O)(=O)NC(C)C(=O)N(CCCO)C(C)C. The summed E-state index contributed by atoms with van der Waals surface area (Å²) in [6, 6.07) is -0.810. The Morgan fingerprint density at radius 3 is 2.32 bits per heavy atom. The Kier molecular flexibility index (Phi) is 8.20. The molecule has 0 radical (unpaired) electrons. The van der Waals surface area contributed by atoms with Gasteiger partial charge in [-0.05, 0) is 33.6 Å². The van der Waals surface area contributed by atoms with Gasteiger partial charge in [-0.25, -0.2) is 13.1 Å². The molecule has 0 fully saturated rings. The van der Waals surface area contributed by atoms with Crippen molar-refractivity contribution in [3.05, 3.63) is 0 Å². The van der Waals surface area contributed by atoms with Gasteiger partial charge in [0.1, 0.15) is 0 Å². The van der Waals surface area contributed by atoms with E-state index in [1.807, 2.05) is 13.8 Å². The monoisotopic (exact) mass is 294 g/mol. The number of carbonyl (C=O) groups excluding carboxylic acids is 1. The first-order valence-corrected chi connectivity index (χ1v) is 8.31. The summed E-state index contributed by atoms with van der Waals surface area (Å²) >= 11 is 0. The van der Waals surface area contributed by atoms with Crippen molar-refractivity contribution in [3.63, 3.8) is 0 Å². The van der Waals surface area contributed by atoms with E-state index in [1.54, 1.807) is 18.7 Å². The van der Waals surface area contributed by atoms with Gasteiger partial charge in [-0.3, -0.25) is 4.79 Å². The van der Waals surface area contributed by atoms with Gasteiger partial charge in [0.05, 0.1) is 11.8 Å². The minimum Gasteiger partial charge on any atom is -0.396 e. The lowest BCUT2D eigenvalue weighted by atomic mass is 10.2. The predicted octanol–water partition coefficient (Wildman–Crippen LogP) is 0.324. The first-order valence-electron chi connectivity index (χ1n) is 6.66. The van der Waals surface area contributed by atoms with E-state index in [-0.39, 0.29) is 24.3 Å². The summed E-state index contributed by atoms with van der Waals surface area (Å²) in [5.74, 6) is -0.244. The van der Waals surface area contributed by atoms with Crippen LogP contribution in [0.4, 0.5) is 0 Å². The number of nitrogens with one attached hydrogen (secondary N) is 1. The zero-order valence-electron chi connectivity index (χ0n) is 12.2. The highest BCUT2D eigenvalue weighted by Crippen LogP contribution is 2.05. The average Bonchev–Trinajstić information content (AvgIpc) is 2.27. The maximum atomic E-state index is 12.2. The Hall–Kier alpha value is -0.660. The Morgan fingerprint density at radius 1 is 1.32 bits per heavy atom. The van der Waals surface area contributed by atoms with Crippen LogP contribution in [0.1, 0.15) is 40.5 Å². The van der Waals surface area contributed by atoms with Crippen molar-refractivity contribution < 1.29 is 18.3 Å². The van der Waals surface area contributed by atoms with Gasteiger partial charge >= 0.3 is 0 Å². The van der Waals surface area contributed by atoms with Crippen LogP contribution in [-0.4, -0.2) is 55.3 Å². The minimum absolute atomic E-state index is 0.00639. The van der Waals surface area contributed by atoms with Gasteiger partial charge in [-0.1, -0.05) is 6.92 Å². The Bertz CT molecular complexity index is 368. The van der Waals surface area contributed by atoms with Gasteiger partial charge in [0.25, 0.3) is 0 Å². The fourth-order valence-electron chi connectivity index (χ4n) is 1.76. The molecule has 7 heteroatoms. The number of sulfonamides is 1. The third kappa shape index (κ3) is 6.89. The van der Waals surface area contributed by atoms with Crippen molar-refractivity contribution in [2.24, 2.45) is 0 Å². The topological polar surface area (TPSA) is 86.7 Å². The third-order valence-corrected chi connectivity index (χ3v) is 4.32. The van der Waals surface area contributed by atoms with E-state index in [4.69, 9.17) is 5.11 Å². The van der Waals surface area contributed by atoms with Crippen LogP contribution >= 0.6 is 0 Å². The quantitative estimate of drug-likeness (QED) is 0.641. The molecule has 1 atom stereocenters. The molecule has 1 unspecified atom stereocenters. The van der Waals surface area contributed by atoms with Crippen LogP contribution in [-0.2, 0) is 14.8 Å². The largest absolute Gasteiger partial charge is 0.396 e. The summed E-state index contributed by atoms with van der Waals surface area (Å²) in [6.07, 6.45) is 0.993. The van der Waals surface area contributed by atoms with Gasteiger partial charge in [-0.15, -0.1) is 0 Å². The molecule has 0 rings (SSSR count). The lowest BCUT2D eigenvalue weighted by molar-refractivity contribution is -0.134. The van der Waals surface area contributed by atoms with Crippen molar-refractivity contribution in [1.82, 2.24) is 9.62 Å². The summed E-state index contributed by atoms with van der Waals surface area (Å²) in [5, 5.41) is 8.82. The van der Waals surface area contributed by atoms with E-state index >= 15 is 0 Å². The molecule has 0 saturated carbocycles. The maximum Gasteiger partial charge on any atom is 0.240 e. The van der Waals surface area contributed by atoms with Crippen LogP contribution in [0.15, 0.2) is 0 Å². The second-order valence-electron chi connectivity index (χ2n) is 4.86. The van der Waals surface area contributed by atoms with E-state index in [9.17, 15) is 13.2 Å². The normalized spacial score (nSPS) is 13.6. The molecule has 19 heavy (non-hydrogen) atoms. The minimum atomic E-state index is -3.40. The number of rotatable bonds is 9. The zero-order chi connectivity index (χ0) is 15.1. The van der Waals surface area contributed by atoms with Crippen LogP contribution in [0.2, 0.25) is 0 Å². The van der Waals surface area contributed by atoms with E-state index in [0.29, 0.717) is 19.4 Å². The number of nitrogens with zero attached hydrogens (tertiary/aromatic N) is 1. The van der Waals surface area contributed by atoms with E-state index in [1.165, 1.54) is 0 Å². The molecule has 2 N–H and O–H groups in total. The van der Waals surface area contributed by atoms with Crippen LogP contribution in [0, 0.1) is 0 Å². The second-order valence-corrected chi connectivity index (χ2v) is 6.73. The standard InChI is InChI=1S/C12H26N2O4S/c1-5-9-19(17,18)13-11(4)12(16)14(10(2)3)7-6-8-15/h10-11,13,15H,5-9H2,1-4H3. The lowest BCUT2D eigenvalue weighted by Crippen LogP contribution is -2.50. The number of hydrogen-bond donors (Lipinski definition) is 2. The molecule has 1 amide bonds. The number of amides is 1. The zero-order valence-corrected chi connectivity index (χ0v) is 13.0. The highest BCUT2D eigenvalue weighted by molar-refractivity contribution is 7.89. The van der Waals surface area contributed by atoms with Crippen LogP contribution in [0.3, 0.4) is 0 Å². The molecule has 0 heterocycles. The Balaban J connectivity index is 4.67. The van der Waals surface area contributed by atoms with Crippen LogP contribution < -0.4 is 4.72 Å². The van der Waals surface area contributed by atoms with Crippen molar-refractivity contribution in [1.29, 1.82) is 0 Å². The van der Waals surface area contributed by atoms with Crippen molar-refractivity contribution in [3.8, 4) is 0 Å². The number of carbonyl (C=O) groups is 1. The third-order valence-electron chi connectivity index (χ3n) is 2.66. The molecule has 0 aromatic carbocycles. The lowest BCUT2D eigenvalue weighted by Gasteiger charge is -2.29. The van der Waals surface area contributed by atoms with Gasteiger partial charge < -0.3 is 10.0 Å². The fraction of sp³-hybridized carbons (Fsp3) is 0.917. The van der Waals surface area contributed by atoms with E-state index in [2.05, 4.69) is 4.72 Å². The van der Waals surface area contributed by atoms with Crippen molar-refractivity contribution in [2.75, 3.05) is 18.9 Å². The summed E-state index contributed by atoms with van der Waals surface area (Å²) in [4.78, 5) is 13.8. The first-order chi connectivity index (χ1) is 8.75. The van der Waals surface area contributed by atoms with Gasteiger partial charge in [0.2, 0.25) is 15.9 Å². The fourth-order valence-corrected chi connectivity index (χ4v) is 3.05. The molecule has 0 aliphatic carbocycles. The summed E-state index contributed by atoms with van der Waals surface area (Å²) in [7, 11) is -3.40. The highest BCUT2D eigenvalue weighted by Gasteiger charge is 2.25. The van der Waals surface area contributed by atoms with Crippen molar-refractivity contribution in [2.45, 2.75) is 52.6 Å². The summed E-state index contributed by atoms with van der Waals surface area (Å²) < 4.78 is 25.6. The first kappa shape index (κ1) is 18.3. The highest BCUT2D eigenvalue weighted by atomic mass is 32.2. The van der Waals surface area contributed by atoms with Gasteiger partial charge in [-0.2, -0.15) is 0 Å². The molecule has 6 nitrogen and oxygen atoms in total. The van der Waals surface area contributed by atoms with Crippen molar-refractivity contribution >= 4 is 15.9 Å². The summed E-state index contributed by atoms with van der Waals surface area (Å²) in [6.45, 7) is 7.47. The smallest absolute Gasteiger partial charge is 0.240 e. The molecule has 0 aliphatic heterocycles. The number of hydrogen-bond acceptors (Lipinski definition) is 4. The molecule has 0 bridgehead atoms. The van der Waals surface area contributed by atoms with Gasteiger partial charge in [0.15, 0.2) is 0 Å². The molecule has 114 valence electrons. The molecule has 0 aliphatic rings. The molecule has 0 aromatic heterocycles. The Morgan fingerprint density at radius 2 is 1.89 bits per heavy atom. The second kappa shape index (κ2) is 8.50. The van der Waals surface area contributed by atoms with E-state index in [0.717, 1.165) is 0 Å². The van der Waals surface area contributed by atoms with Crippen LogP contribution in [0.5, 0.6) is 0 Å². The number of aliphatic hydroxyl groups excluding tert-OH is 1. The summed E-state index contributed by atoms with van der Waals surface area (Å²) in [5.41, 5.74) is 0. The molecule has 0 aromatic rings. The maximum absolute atomic E-state index is 12.2.